The average molecular weight is 261 g/mol. The van der Waals surface area contributed by atoms with Crippen LogP contribution in [0.4, 0.5) is 0 Å². The Kier molecular flexibility index (Phi) is 4.21. The fraction of sp³-hybridized carbons (Fsp3) is 0.636. The van der Waals surface area contributed by atoms with E-state index >= 15 is 0 Å². The van der Waals surface area contributed by atoms with Crippen LogP contribution in [0.3, 0.4) is 0 Å². The van der Waals surface area contributed by atoms with E-state index in [0.29, 0.717) is 12.6 Å². The summed E-state index contributed by atoms with van der Waals surface area (Å²) in [5, 5.41) is 2.12. The molecule has 90 valence electrons. The first-order valence-corrected chi connectivity index (χ1v) is 6.76. The molecule has 2 rings (SSSR count). The summed E-state index contributed by atoms with van der Waals surface area (Å²) in [6, 6.07) is 2.44. The molecule has 2 N–H and O–H groups in total. The molecule has 2 heterocycles. The number of halogens is 1. The van der Waals surface area contributed by atoms with E-state index in [4.69, 9.17) is 22.1 Å². The molecule has 1 aromatic heterocycles. The lowest BCUT2D eigenvalue weighted by molar-refractivity contribution is -0.0363. The molecule has 0 saturated carbocycles. The molecule has 5 heteroatoms. The van der Waals surface area contributed by atoms with Crippen molar-refractivity contribution in [3.63, 3.8) is 0 Å². The fourth-order valence-corrected chi connectivity index (χ4v) is 2.97. The van der Waals surface area contributed by atoms with Gasteiger partial charge in [0.2, 0.25) is 0 Å². The van der Waals surface area contributed by atoms with Gasteiger partial charge in [0, 0.05) is 25.7 Å². The number of hydrogen-bond donors (Lipinski definition) is 1. The van der Waals surface area contributed by atoms with E-state index in [1.54, 1.807) is 11.3 Å². The van der Waals surface area contributed by atoms with Crippen LogP contribution >= 0.6 is 22.9 Å². The average Bonchev–Trinajstić information content (AvgIpc) is 2.75. The van der Waals surface area contributed by atoms with Gasteiger partial charge in [-0.3, -0.25) is 4.90 Å². The molecular weight excluding hydrogens is 244 g/mol. The van der Waals surface area contributed by atoms with E-state index in [9.17, 15) is 0 Å². The summed E-state index contributed by atoms with van der Waals surface area (Å²) in [4.78, 5) is 2.40. The normalized spacial score (nSPS) is 24.6. The van der Waals surface area contributed by atoms with Gasteiger partial charge in [-0.25, -0.2) is 0 Å². The zero-order valence-electron chi connectivity index (χ0n) is 9.36. The van der Waals surface area contributed by atoms with Crippen molar-refractivity contribution in [3.8, 4) is 0 Å². The molecule has 0 aliphatic carbocycles. The van der Waals surface area contributed by atoms with Crippen LogP contribution in [0.15, 0.2) is 11.4 Å². The number of morpholine rings is 1. The molecule has 1 fully saturated rings. The lowest BCUT2D eigenvalue weighted by Gasteiger charge is -2.36. The van der Waals surface area contributed by atoms with Crippen molar-refractivity contribution in [3.05, 3.63) is 21.3 Å². The van der Waals surface area contributed by atoms with E-state index in [-0.39, 0.29) is 6.10 Å². The fourth-order valence-electron chi connectivity index (χ4n) is 1.99. The molecule has 3 nitrogen and oxygen atoms in total. The molecule has 0 radical (unpaired) electrons. The summed E-state index contributed by atoms with van der Waals surface area (Å²) in [5.41, 5.74) is 6.92. The molecule has 2 unspecified atom stereocenters. The van der Waals surface area contributed by atoms with Gasteiger partial charge in [-0.2, -0.15) is 0 Å². The maximum absolute atomic E-state index is 5.95. The SMILES string of the molecule is CC(c1csc(Cl)c1)N1CCOC(CN)C1. The first-order valence-electron chi connectivity index (χ1n) is 5.50. The smallest absolute Gasteiger partial charge is 0.0931 e. The summed E-state index contributed by atoms with van der Waals surface area (Å²) >= 11 is 7.54. The van der Waals surface area contributed by atoms with E-state index in [1.807, 2.05) is 6.07 Å². The van der Waals surface area contributed by atoms with Crippen LogP contribution in [0.2, 0.25) is 4.34 Å². The first-order chi connectivity index (χ1) is 7.70. The van der Waals surface area contributed by atoms with Crippen LogP contribution < -0.4 is 5.73 Å². The monoisotopic (exact) mass is 260 g/mol. The van der Waals surface area contributed by atoms with Crippen LogP contribution in [0.25, 0.3) is 0 Å². The van der Waals surface area contributed by atoms with Crippen molar-refractivity contribution in [1.82, 2.24) is 4.90 Å². The highest BCUT2D eigenvalue weighted by atomic mass is 35.5. The molecule has 2 atom stereocenters. The maximum atomic E-state index is 5.95. The first kappa shape index (κ1) is 12.3. The van der Waals surface area contributed by atoms with E-state index in [2.05, 4.69) is 17.2 Å². The lowest BCUT2D eigenvalue weighted by atomic mass is 10.1. The second-order valence-electron chi connectivity index (χ2n) is 4.08. The van der Waals surface area contributed by atoms with Gasteiger partial charge in [-0.05, 0) is 23.9 Å². The Balaban J connectivity index is 2.01. The predicted octanol–water partition coefficient (Wildman–Crippen LogP) is 2.12. The van der Waals surface area contributed by atoms with Crippen molar-refractivity contribution in [2.45, 2.75) is 19.1 Å². The molecule has 1 aliphatic heterocycles. The van der Waals surface area contributed by atoms with Gasteiger partial charge in [0.1, 0.15) is 0 Å². The van der Waals surface area contributed by atoms with Gasteiger partial charge in [0.25, 0.3) is 0 Å². The molecule has 0 aromatic carbocycles. The predicted molar refractivity (Wildman–Crippen MR) is 68.1 cm³/mol. The number of nitrogens with two attached hydrogens (primary N) is 1. The molecule has 1 aromatic rings. The summed E-state index contributed by atoms with van der Waals surface area (Å²) in [6.07, 6.45) is 0.172. The van der Waals surface area contributed by atoms with Crippen LogP contribution in [-0.4, -0.2) is 37.2 Å². The number of rotatable bonds is 3. The quantitative estimate of drug-likeness (QED) is 0.905. The third kappa shape index (κ3) is 2.76. The molecule has 16 heavy (non-hydrogen) atoms. The van der Waals surface area contributed by atoms with E-state index in [0.717, 1.165) is 24.0 Å². The Hall–Kier alpha value is -0.130. The molecule has 1 aliphatic rings. The summed E-state index contributed by atoms with van der Waals surface area (Å²) in [7, 11) is 0. The molecule has 1 saturated heterocycles. The zero-order chi connectivity index (χ0) is 11.5. The van der Waals surface area contributed by atoms with Gasteiger partial charge < -0.3 is 10.5 Å². The Morgan fingerprint density at radius 2 is 2.56 bits per heavy atom. The summed E-state index contributed by atoms with van der Waals surface area (Å²) in [5.74, 6) is 0. The van der Waals surface area contributed by atoms with E-state index < -0.39 is 0 Å². The van der Waals surface area contributed by atoms with Gasteiger partial charge in [0.05, 0.1) is 17.0 Å². The zero-order valence-corrected chi connectivity index (χ0v) is 10.9. The number of hydrogen-bond acceptors (Lipinski definition) is 4. The Bertz CT molecular complexity index is 344. The van der Waals surface area contributed by atoms with Crippen molar-refractivity contribution in [1.29, 1.82) is 0 Å². The van der Waals surface area contributed by atoms with Crippen molar-refractivity contribution in [2.75, 3.05) is 26.2 Å². The highest BCUT2D eigenvalue weighted by Crippen LogP contribution is 2.29. The van der Waals surface area contributed by atoms with Crippen LogP contribution in [0.1, 0.15) is 18.5 Å². The van der Waals surface area contributed by atoms with Crippen molar-refractivity contribution in [2.24, 2.45) is 5.73 Å². The Morgan fingerprint density at radius 1 is 1.75 bits per heavy atom. The number of ether oxygens (including phenoxy) is 1. The minimum Gasteiger partial charge on any atom is -0.374 e. The molecule has 0 amide bonds. The molecule has 0 bridgehead atoms. The van der Waals surface area contributed by atoms with Crippen LogP contribution in [-0.2, 0) is 4.74 Å². The molecular formula is C11H17ClN2OS. The van der Waals surface area contributed by atoms with Gasteiger partial charge >= 0.3 is 0 Å². The second-order valence-corrected chi connectivity index (χ2v) is 5.63. The van der Waals surface area contributed by atoms with Crippen LogP contribution in [0.5, 0.6) is 0 Å². The van der Waals surface area contributed by atoms with Crippen molar-refractivity contribution >= 4 is 22.9 Å². The minimum absolute atomic E-state index is 0.172. The topological polar surface area (TPSA) is 38.5 Å². The second kappa shape index (κ2) is 5.47. The van der Waals surface area contributed by atoms with Gasteiger partial charge in [-0.15, -0.1) is 11.3 Å². The van der Waals surface area contributed by atoms with Gasteiger partial charge in [-0.1, -0.05) is 11.6 Å². The van der Waals surface area contributed by atoms with Crippen molar-refractivity contribution < 1.29 is 4.74 Å². The third-order valence-electron chi connectivity index (χ3n) is 3.05. The number of nitrogens with zero attached hydrogens (tertiary/aromatic N) is 1. The van der Waals surface area contributed by atoms with E-state index in [1.165, 1.54) is 5.56 Å². The number of thiophene rings is 1. The Morgan fingerprint density at radius 3 is 3.19 bits per heavy atom. The highest BCUT2D eigenvalue weighted by molar-refractivity contribution is 7.14. The maximum Gasteiger partial charge on any atom is 0.0931 e. The standard InChI is InChI=1S/C11H17ClN2OS/c1-8(9-4-11(12)16-7-9)14-2-3-15-10(5-13)6-14/h4,7-8,10H,2-3,5-6,13H2,1H3. The third-order valence-corrected chi connectivity index (χ3v) is 4.16. The lowest BCUT2D eigenvalue weighted by Crippen LogP contribution is -2.46. The molecule has 0 spiro atoms. The Labute approximate surface area is 105 Å². The summed E-state index contributed by atoms with van der Waals surface area (Å²) in [6.45, 7) is 5.44. The van der Waals surface area contributed by atoms with Gasteiger partial charge in [0.15, 0.2) is 0 Å². The summed E-state index contributed by atoms with van der Waals surface area (Å²) < 4.78 is 6.41. The largest absolute Gasteiger partial charge is 0.374 e. The van der Waals surface area contributed by atoms with Crippen LogP contribution in [0, 0.1) is 0 Å². The highest BCUT2D eigenvalue weighted by Gasteiger charge is 2.24. The minimum atomic E-state index is 0.172.